The summed E-state index contributed by atoms with van der Waals surface area (Å²) in [6.07, 6.45) is 0. The number of aromatic amines is 1. The molecule has 0 saturated carbocycles. The lowest BCUT2D eigenvalue weighted by atomic mass is 10.1. The predicted octanol–water partition coefficient (Wildman–Crippen LogP) is 2.88. The molecule has 1 aliphatic heterocycles. The molecule has 2 N–H and O–H groups in total. The summed E-state index contributed by atoms with van der Waals surface area (Å²) in [6.45, 7) is 2.46. The van der Waals surface area contributed by atoms with E-state index in [2.05, 4.69) is 15.5 Å². The zero-order chi connectivity index (χ0) is 20.9. The van der Waals surface area contributed by atoms with Gasteiger partial charge in [-0.05, 0) is 30.7 Å². The van der Waals surface area contributed by atoms with Gasteiger partial charge < -0.3 is 19.5 Å². The summed E-state index contributed by atoms with van der Waals surface area (Å²) in [5, 5.41) is 9.55. The molecule has 1 amide bonds. The SMILES string of the molecule is C[C@H](NC(=O)COC(=O)c1cc(-c2ccccc2)n[nH]1)c1ccc2c(c1)OCCO2. The van der Waals surface area contributed by atoms with E-state index in [9.17, 15) is 9.59 Å². The van der Waals surface area contributed by atoms with Gasteiger partial charge in [0.2, 0.25) is 0 Å². The molecule has 0 bridgehead atoms. The zero-order valence-electron chi connectivity index (χ0n) is 16.4. The lowest BCUT2D eigenvalue weighted by molar-refractivity contribution is -0.124. The Morgan fingerprint density at radius 2 is 1.87 bits per heavy atom. The van der Waals surface area contributed by atoms with Gasteiger partial charge in [0, 0.05) is 5.56 Å². The number of esters is 1. The van der Waals surface area contributed by atoms with Crippen molar-refractivity contribution in [3.63, 3.8) is 0 Å². The quantitative estimate of drug-likeness (QED) is 0.609. The standard InChI is InChI=1S/C22H21N3O5/c1-14(16-7-8-19-20(11-16)29-10-9-28-19)23-21(26)13-30-22(27)18-12-17(24-25-18)15-5-3-2-4-6-15/h2-8,11-12,14H,9-10,13H2,1H3,(H,23,26)(H,24,25)/t14-/m0/s1. The van der Waals surface area contributed by atoms with Crippen LogP contribution >= 0.6 is 0 Å². The van der Waals surface area contributed by atoms with Crippen LogP contribution in [0.4, 0.5) is 0 Å². The van der Waals surface area contributed by atoms with E-state index in [1.807, 2.05) is 55.5 Å². The van der Waals surface area contributed by atoms with Crippen LogP contribution < -0.4 is 14.8 Å². The minimum Gasteiger partial charge on any atom is -0.486 e. The lowest BCUT2D eigenvalue weighted by Crippen LogP contribution is -2.31. The van der Waals surface area contributed by atoms with Crippen LogP contribution in [0.5, 0.6) is 11.5 Å². The summed E-state index contributed by atoms with van der Waals surface area (Å²) in [6, 6.07) is 16.3. The Bertz CT molecular complexity index is 1050. The van der Waals surface area contributed by atoms with Crippen LogP contribution in [0.15, 0.2) is 54.6 Å². The van der Waals surface area contributed by atoms with Crippen molar-refractivity contribution in [1.29, 1.82) is 0 Å². The van der Waals surface area contributed by atoms with Gasteiger partial charge in [-0.1, -0.05) is 36.4 Å². The van der Waals surface area contributed by atoms with Crippen molar-refractivity contribution in [2.24, 2.45) is 0 Å². The maximum Gasteiger partial charge on any atom is 0.356 e. The molecule has 3 aromatic rings. The molecule has 0 spiro atoms. The molecule has 0 aliphatic carbocycles. The third kappa shape index (κ3) is 4.43. The second-order valence-corrected chi connectivity index (χ2v) is 6.80. The fourth-order valence-electron chi connectivity index (χ4n) is 3.09. The van der Waals surface area contributed by atoms with E-state index in [0.29, 0.717) is 30.4 Å². The molecule has 0 saturated heterocycles. The summed E-state index contributed by atoms with van der Waals surface area (Å²) < 4.78 is 16.2. The second-order valence-electron chi connectivity index (χ2n) is 6.80. The van der Waals surface area contributed by atoms with Gasteiger partial charge in [-0.3, -0.25) is 9.89 Å². The van der Waals surface area contributed by atoms with Gasteiger partial charge in [0.25, 0.3) is 5.91 Å². The van der Waals surface area contributed by atoms with E-state index >= 15 is 0 Å². The van der Waals surface area contributed by atoms with Gasteiger partial charge in [-0.15, -0.1) is 0 Å². The van der Waals surface area contributed by atoms with Gasteiger partial charge in [0.1, 0.15) is 18.9 Å². The average molecular weight is 407 g/mol. The number of aromatic nitrogens is 2. The summed E-state index contributed by atoms with van der Waals surface area (Å²) in [7, 11) is 0. The summed E-state index contributed by atoms with van der Waals surface area (Å²) in [4.78, 5) is 24.4. The number of nitrogens with one attached hydrogen (secondary N) is 2. The number of fused-ring (bicyclic) bond motifs is 1. The molecule has 1 aliphatic rings. The van der Waals surface area contributed by atoms with Crippen molar-refractivity contribution in [2.45, 2.75) is 13.0 Å². The third-order valence-corrected chi connectivity index (χ3v) is 4.65. The molecule has 0 radical (unpaired) electrons. The van der Waals surface area contributed by atoms with Gasteiger partial charge in [0.15, 0.2) is 18.1 Å². The predicted molar refractivity (Wildman–Crippen MR) is 108 cm³/mol. The average Bonchev–Trinajstić information content (AvgIpc) is 3.28. The first-order chi connectivity index (χ1) is 14.6. The van der Waals surface area contributed by atoms with Gasteiger partial charge in [0.05, 0.1) is 11.7 Å². The monoisotopic (exact) mass is 407 g/mol. The van der Waals surface area contributed by atoms with Gasteiger partial charge in [-0.2, -0.15) is 5.10 Å². The number of rotatable bonds is 6. The van der Waals surface area contributed by atoms with Crippen LogP contribution in [-0.4, -0.2) is 41.9 Å². The number of hydrogen-bond acceptors (Lipinski definition) is 6. The number of ether oxygens (including phenoxy) is 3. The van der Waals surface area contributed by atoms with Crippen molar-refractivity contribution in [3.8, 4) is 22.8 Å². The van der Waals surface area contributed by atoms with Crippen LogP contribution in [0.1, 0.15) is 29.0 Å². The molecule has 2 aromatic carbocycles. The Hall–Kier alpha value is -3.81. The van der Waals surface area contributed by atoms with E-state index in [1.54, 1.807) is 6.07 Å². The van der Waals surface area contributed by atoms with E-state index in [4.69, 9.17) is 14.2 Å². The molecule has 30 heavy (non-hydrogen) atoms. The maximum absolute atomic E-state index is 12.2. The highest BCUT2D eigenvalue weighted by Gasteiger charge is 2.18. The van der Waals surface area contributed by atoms with Crippen LogP contribution in [-0.2, 0) is 9.53 Å². The zero-order valence-corrected chi connectivity index (χ0v) is 16.4. The Morgan fingerprint density at radius 3 is 2.67 bits per heavy atom. The lowest BCUT2D eigenvalue weighted by Gasteiger charge is -2.21. The van der Waals surface area contributed by atoms with Crippen LogP contribution in [0.3, 0.4) is 0 Å². The first kappa shape index (κ1) is 19.5. The van der Waals surface area contributed by atoms with E-state index in [1.165, 1.54) is 0 Å². The fraction of sp³-hybridized carbons (Fsp3) is 0.227. The molecule has 0 fully saturated rings. The topological polar surface area (TPSA) is 103 Å². The molecule has 4 rings (SSSR count). The minimum absolute atomic E-state index is 0.182. The first-order valence-corrected chi connectivity index (χ1v) is 9.57. The highest BCUT2D eigenvalue weighted by atomic mass is 16.6. The van der Waals surface area contributed by atoms with Crippen molar-refractivity contribution in [3.05, 3.63) is 65.9 Å². The normalized spacial score (nSPS) is 13.4. The van der Waals surface area contributed by atoms with Crippen LogP contribution in [0, 0.1) is 0 Å². The fourth-order valence-corrected chi connectivity index (χ4v) is 3.09. The number of hydrogen-bond donors (Lipinski definition) is 2. The Kier molecular flexibility index (Phi) is 5.65. The third-order valence-electron chi connectivity index (χ3n) is 4.65. The van der Waals surface area contributed by atoms with Crippen LogP contribution in [0.2, 0.25) is 0 Å². The molecular formula is C22H21N3O5. The highest BCUT2D eigenvalue weighted by molar-refractivity contribution is 5.90. The molecule has 1 atom stereocenters. The first-order valence-electron chi connectivity index (χ1n) is 9.57. The number of benzene rings is 2. The number of amides is 1. The van der Waals surface area contributed by atoms with Crippen molar-refractivity contribution in [2.75, 3.05) is 19.8 Å². The van der Waals surface area contributed by atoms with Crippen molar-refractivity contribution >= 4 is 11.9 Å². The Morgan fingerprint density at radius 1 is 1.10 bits per heavy atom. The largest absolute Gasteiger partial charge is 0.486 e. The molecular weight excluding hydrogens is 386 g/mol. The van der Waals surface area contributed by atoms with Crippen molar-refractivity contribution < 1.29 is 23.8 Å². The van der Waals surface area contributed by atoms with E-state index in [0.717, 1.165) is 11.1 Å². The summed E-state index contributed by atoms with van der Waals surface area (Å²) in [5.74, 6) is 0.284. The minimum atomic E-state index is -0.646. The number of H-pyrrole nitrogens is 1. The summed E-state index contributed by atoms with van der Waals surface area (Å²) in [5.41, 5.74) is 2.54. The molecule has 0 unspecified atom stereocenters. The number of nitrogens with zero attached hydrogens (tertiary/aromatic N) is 1. The molecule has 8 heteroatoms. The van der Waals surface area contributed by atoms with Crippen LogP contribution in [0.25, 0.3) is 11.3 Å². The van der Waals surface area contributed by atoms with Crippen molar-refractivity contribution in [1.82, 2.24) is 15.5 Å². The maximum atomic E-state index is 12.2. The molecule has 8 nitrogen and oxygen atoms in total. The number of carbonyl (C=O) groups is 2. The van der Waals surface area contributed by atoms with E-state index < -0.39 is 18.5 Å². The summed E-state index contributed by atoms with van der Waals surface area (Å²) >= 11 is 0. The van der Waals surface area contributed by atoms with E-state index in [-0.39, 0.29) is 11.7 Å². The van der Waals surface area contributed by atoms with Gasteiger partial charge >= 0.3 is 5.97 Å². The molecule has 2 heterocycles. The number of carbonyl (C=O) groups excluding carboxylic acids is 2. The molecule has 154 valence electrons. The smallest absolute Gasteiger partial charge is 0.356 e. The molecule has 1 aromatic heterocycles. The second kappa shape index (κ2) is 8.69. The van der Waals surface area contributed by atoms with Gasteiger partial charge in [-0.25, -0.2) is 4.79 Å². The Labute approximate surface area is 173 Å². The Balaban J connectivity index is 1.30. The highest BCUT2D eigenvalue weighted by Crippen LogP contribution is 2.32.